The molecule has 0 spiro atoms. The molecule has 0 saturated carbocycles. The molecule has 4 nitrogen and oxygen atoms in total. The molecule has 2 atom stereocenters. The minimum absolute atomic E-state index is 0.00178. The second-order valence-electron chi connectivity index (χ2n) is 7.68. The van der Waals surface area contributed by atoms with E-state index in [1.165, 1.54) is 11.3 Å². The Balaban J connectivity index is 1.82. The average molecular weight is 439 g/mol. The summed E-state index contributed by atoms with van der Waals surface area (Å²) in [5.74, 6) is -0.0399. The van der Waals surface area contributed by atoms with Gasteiger partial charge < -0.3 is 9.80 Å². The van der Waals surface area contributed by atoms with Crippen molar-refractivity contribution in [3.8, 4) is 0 Å². The molecular formula is C24H23ClN2O2S. The van der Waals surface area contributed by atoms with Crippen LogP contribution in [0.3, 0.4) is 0 Å². The number of benzene rings is 2. The van der Waals surface area contributed by atoms with E-state index in [0.29, 0.717) is 16.3 Å². The van der Waals surface area contributed by atoms with Crippen molar-refractivity contribution in [2.45, 2.75) is 39.3 Å². The third-order valence-corrected chi connectivity index (χ3v) is 6.62. The van der Waals surface area contributed by atoms with Gasteiger partial charge in [-0.25, -0.2) is 0 Å². The molecule has 2 amide bonds. The van der Waals surface area contributed by atoms with Crippen LogP contribution in [0, 0.1) is 6.92 Å². The van der Waals surface area contributed by atoms with E-state index in [4.69, 9.17) is 11.6 Å². The number of rotatable bonds is 3. The number of nitrogens with zero attached hydrogens (tertiary/aromatic N) is 2. The lowest BCUT2D eigenvalue weighted by Crippen LogP contribution is -2.47. The Hall–Kier alpha value is -2.63. The minimum Gasteiger partial charge on any atom is -0.305 e. The van der Waals surface area contributed by atoms with E-state index in [9.17, 15) is 9.59 Å². The number of hydrogen-bond donors (Lipinski definition) is 0. The zero-order valence-corrected chi connectivity index (χ0v) is 18.7. The van der Waals surface area contributed by atoms with Gasteiger partial charge >= 0.3 is 0 Å². The highest BCUT2D eigenvalue weighted by molar-refractivity contribution is 7.12. The maximum absolute atomic E-state index is 13.3. The molecule has 2 heterocycles. The normalized spacial score (nSPS) is 18.1. The number of carbonyl (C=O) groups is 2. The van der Waals surface area contributed by atoms with Gasteiger partial charge in [0.2, 0.25) is 5.91 Å². The minimum atomic E-state index is -0.166. The lowest BCUT2D eigenvalue weighted by atomic mass is 9.88. The fraction of sp³-hybridized carbons (Fsp3) is 0.250. The van der Waals surface area contributed by atoms with E-state index in [2.05, 4.69) is 6.07 Å². The summed E-state index contributed by atoms with van der Waals surface area (Å²) in [5, 5.41) is 2.54. The summed E-state index contributed by atoms with van der Waals surface area (Å²) in [6.07, 6.45) is 0.649. The van der Waals surface area contributed by atoms with E-state index >= 15 is 0 Å². The Labute approximate surface area is 185 Å². The summed E-state index contributed by atoms with van der Waals surface area (Å²) in [7, 11) is 0. The largest absolute Gasteiger partial charge is 0.305 e. The second-order valence-corrected chi connectivity index (χ2v) is 9.06. The van der Waals surface area contributed by atoms with Gasteiger partial charge in [-0.05, 0) is 67.6 Å². The second kappa shape index (κ2) is 8.25. The van der Waals surface area contributed by atoms with Crippen LogP contribution in [0.15, 0.2) is 60.0 Å². The number of aryl methyl sites for hydroxylation is 1. The van der Waals surface area contributed by atoms with E-state index in [1.54, 1.807) is 19.1 Å². The standard InChI is InChI=1S/C24H23ClN2O2S/c1-15-6-11-21-20(13-15)22(27(17(3)28)19-9-7-18(25)8-10-19)14-16(2)26(21)24(29)23-5-4-12-30-23/h4-13,16,22H,14H2,1-3H3/t16-,22+/m0/s1. The first kappa shape index (κ1) is 20.6. The molecule has 1 aliphatic heterocycles. The van der Waals surface area contributed by atoms with Crippen molar-refractivity contribution >= 4 is 46.1 Å². The summed E-state index contributed by atoms with van der Waals surface area (Å²) in [5.41, 5.74) is 3.75. The molecule has 4 rings (SSSR count). The van der Waals surface area contributed by atoms with Crippen LogP contribution < -0.4 is 9.80 Å². The van der Waals surface area contributed by atoms with Gasteiger partial charge in [-0.1, -0.05) is 35.4 Å². The number of carbonyl (C=O) groups excluding carboxylic acids is 2. The molecule has 0 bridgehead atoms. The van der Waals surface area contributed by atoms with Gasteiger partial charge in [0.05, 0.1) is 10.9 Å². The van der Waals surface area contributed by atoms with Gasteiger partial charge in [-0.3, -0.25) is 9.59 Å². The van der Waals surface area contributed by atoms with Gasteiger partial charge in [0, 0.05) is 29.4 Å². The van der Waals surface area contributed by atoms with E-state index < -0.39 is 0 Å². The molecular weight excluding hydrogens is 416 g/mol. The zero-order chi connectivity index (χ0) is 21.4. The van der Waals surface area contributed by atoms with Gasteiger partial charge in [0.25, 0.3) is 5.91 Å². The SMILES string of the molecule is CC(=O)N(c1ccc(Cl)cc1)[C@@H]1C[C@H](C)N(C(=O)c2cccs2)c2ccc(C)cc21. The Morgan fingerprint density at radius 2 is 1.87 bits per heavy atom. The van der Waals surface area contributed by atoms with Crippen LogP contribution in [0.5, 0.6) is 0 Å². The van der Waals surface area contributed by atoms with Crippen LogP contribution >= 0.6 is 22.9 Å². The van der Waals surface area contributed by atoms with Crippen LogP contribution in [0.25, 0.3) is 0 Å². The number of fused-ring (bicyclic) bond motifs is 1. The fourth-order valence-electron chi connectivity index (χ4n) is 4.21. The monoisotopic (exact) mass is 438 g/mol. The zero-order valence-electron chi connectivity index (χ0n) is 17.1. The topological polar surface area (TPSA) is 40.6 Å². The van der Waals surface area contributed by atoms with Crippen LogP contribution in [-0.4, -0.2) is 17.9 Å². The van der Waals surface area contributed by atoms with E-state index in [1.807, 2.05) is 65.4 Å². The number of halogens is 1. The number of anilines is 2. The van der Waals surface area contributed by atoms with Crippen molar-refractivity contribution in [2.75, 3.05) is 9.80 Å². The van der Waals surface area contributed by atoms with Crippen LogP contribution in [-0.2, 0) is 4.79 Å². The van der Waals surface area contributed by atoms with Crippen molar-refractivity contribution in [1.29, 1.82) is 0 Å². The van der Waals surface area contributed by atoms with Crippen molar-refractivity contribution in [3.05, 3.63) is 81.0 Å². The highest BCUT2D eigenvalue weighted by Gasteiger charge is 2.38. The molecule has 1 aliphatic rings. The average Bonchev–Trinajstić information content (AvgIpc) is 3.24. The number of hydrogen-bond acceptors (Lipinski definition) is 3. The first-order valence-electron chi connectivity index (χ1n) is 9.90. The first-order chi connectivity index (χ1) is 14.4. The quantitative estimate of drug-likeness (QED) is 0.485. The summed E-state index contributed by atoms with van der Waals surface area (Å²) in [4.78, 5) is 30.4. The van der Waals surface area contributed by atoms with E-state index in [-0.39, 0.29) is 23.9 Å². The van der Waals surface area contributed by atoms with Crippen molar-refractivity contribution in [2.24, 2.45) is 0 Å². The Kier molecular flexibility index (Phi) is 5.67. The molecule has 154 valence electrons. The molecule has 0 fully saturated rings. The Morgan fingerprint density at radius 3 is 2.50 bits per heavy atom. The molecule has 0 unspecified atom stereocenters. The smallest absolute Gasteiger partial charge is 0.268 e. The molecule has 0 N–H and O–H groups in total. The summed E-state index contributed by atoms with van der Waals surface area (Å²) in [6.45, 7) is 5.65. The lowest BCUT2D eigenvalue weighted by Gasteiger charge is -2.43. The fourth-order valence-corrected chi connectivity index (χ4v) is 5.00. The molecule has 6 heteroatoms. The maximum Gasteiger partial charge on any atom is 0.268 e. The Bertz CT molecular complexity index is 1080. The maximum atomic E-state index is 13.3. The van der Waals surface area contributed by atoms with Crippen molar-refractivity contribution in [1.82, 2.24) is 0 Å². The lowest BCUT2D eigenvalue weighted by molar-refractivity contribution is -0.117. The van der Waals surface area contributed by atoms with Crippen LogP contribution in [0.1, 0.15) is 47.1 Å². The molecule has 3 aromatic rings. The highest BCUT2D eigenvalue weighted by Crippen LogP contribution is 2.43. The van der Waals surface area contributed by atoms with Crippen molar-refractivity contribution in [3.63, 3.8) is 0 Å². The Morgan fingerprint density at radius 1 is 1.13 bits per heavy atom. The summed E-state index contributed by atoms with van der Waals surface area (Å²) < 4.78 is 0. The van der Waals surface area contributed by atoms with Gasteiger partial charge in [-0.15, -0.1) is 11.3 Å². The molecule has 0 aliphatic carbocycles. The van der Waals surface area contributed by atoms with E-state index in [0.717, 1.165) is 22.5 Å². The predicted molar refractivity (Wildman–Crippen MR) is 124 cm³/mol. The highest BCUT2D eigenvalue weighted by atomic mass is 35.5. The predicted octanol–water partition coefficient (Wildman–Crippen LogP) is 6.24. The first-order valence-corrected chi connectivity index (χ1v) is 11.2. The van der Waals surface area contributed by atoms with Crippen LogP contribution in [0.4, 0.5) is 11.4 Å². The third-order valence-electron chi connectivity index (χ3n) is 5.51. The number of thiophene rings is 1. The third kappa shape index (κ3) is 3.75. The molecule has 0 radical (unpaired) electrons. The molecule has 2 aromatic carbocycles. The van der Waals surface area contributed by atoms with Crippen LogP contribution in [0.2, 0.25) is 5.02 Å². The summed E-state index contributed by atoms with van der Waals surface area (Å²) >= 11 is 7.51. The van der Waals surface area contributed by atoms with Crippen molar-refractivity contribution < 1.29 is 9.59 Å². The molecule has 0 saturated heterocycles. The van der Waals surface area contributed by atoms with Gasteiger partial charge in [0.15, 0.2) is 0 Å². The van der Waals surface area contributed by atoms with Gasteiger partial charge in [-0.2, -0.15) is 0 Å². The van der Waals surface area contributed by atoms with Gasteiger partial charge in [0.1, 0.15) is 0 Å². The summed E-state index contributed by atoms with van der Waals surface area (Å²) in [6, 6.07) is 17.0. The molecule has 30 heavy (non-hydrogen) atoms. The molecule has 1 aromatic heterocycles. The number of amides is 2.